The second-order valence-electron chi connectivity index (χ2n) is 7.01. The highest BCUT2D eigenvalue weighted by atomic mass is 16.5. The van der Waals surface area contributed by atoms with E-state index in [-0.39, 0.29) is 29.4 Å². The average molecular weight is 241 g/mol. The minimum Gasteiger partial charge on any atom is -0.369 e. The molecule has 0 N–H and O–H groups in total. The third-order valence-electron chi connectivity index (χ3n) is 3.38. The first kappa shape index (κ1) is 14.7. The van der Waals surface area contributed by atoms with Gasteiger partial charge in [-0.2, -0.15) is 0 Å². The van der Waals surface area contributed by atoms with Gasteiger partial charge in [0.25, 0.3) is 0 Å². The van der Waals surface area contributed by atoms with Gasteiger partial charge >= 0.3 is 0 Å². The molecule has 17 heavy (non-hydrogen) atoms. The van der Waals surface area contributed by atoms with Crippen LogP contribution in [0.3, 0.4) is 0 Å². The molecule has 0 aromatic heterocycles. The number of hydrogen-bond donors (Lipinski definition) is 0. The third-order valence-corrected chi connectivity index (χ3v) is 3.38. The summed E-state index contributed by atoms with van der Waals surface area (Å²) in [4.78, 5) is 14.2. The van der Waals surface area contributed by atoms with Crippen molar-refractivity contribution >= 4 is 5.78 Å². The van der Waals surface area contributed by atoms with Crippen LogP contribution in [0.15, 0.2) is 0 Å². The summed E-state index contributed by atoms with van der Waals surface area (Å²) >= 11 is 0. The van der Waals surface area contributed by atoms with Crippen molar-refractivity contribution in [3.8, 4) is 0 Å². The molecule has 1 saturated heterocycles. The number of hydrogen-bond acceptors (Lipinski definition) is 3. The summed E-state index contributed by atoms with van der Waals surface area (Å²) < 4.78 is 5.73. The molecule has 0 bridgehead atoms. The molecule has 100 valence electrons. The first-order valence-corrected chi connectivity index (χ1v) is 6.50. The van der Waals surface area contributed by atoms with Crippen molar-refractivity contribution in [2.75, 3.05) is 19.7 Å². The predicted molar refractivity (Wildman–Crippen MR) is 70.1 cm³/mol. The molecule has 3 nitrogen and oxygen atoms in total. The van der Waals surface area contributed by atoms with E-state index in [1.165, 1.54) is 0 Å². The monoisotopic (exact) mass is 241 g/mol. The number of carbonyl (C=O) groups is 1. The summed E-state index contributed by atoms with van der Waals surface area (Å²) in [5.74, 6) is 0.187. The topological polar surface area (TPSA) is 29.5 Å². The lowest BCUT2D eigenvalue weighted by Gasteiger charge is -2.31. The molecule has 1 rings (SSSR count). The molecular formula is C14H27NO2. The Hall–Kier alpha value is -0.410. The van der Waals surface area contributed by atoms with Gasteiger partial charge in [0, 0.05) is 24.0 Å². The van der Waals surface area contributed by atoms with Gasteiger partial charge in [0.2, 0.25) is 0 Å². The zero-order valence-electron chi connectivity index (χ0n) is 12.2. The van der Waals surface area contributed by atoms with Crippen molar-refractivity contribution in [2.24, 2.45) is 5.41 Å². The molecule has 0 radical (unpaired) electrons. The van der Waals surface area contributed by atoms with Crippen LogP contribution in [0.2, 0.25) is 0 Å². The fourth-order valence-electron chi connectivity index (χ4n) is 1.88. The number of Topliss-reactive ketones (excluding diaryl/α,β-unsaturated/α-hetero) is 1. The Morgan fingerprint density at radius 1 is 1.24 bits per heavy atom. The van der Waals surface area contributed by atoms with E-state index in [0.29, 0.717) is 0 Å². The molecule has 0 spiro atoms. The number of ether oxygens (including phenoxy) is 1. The Kier molecular flexibility index (Phi) is 4.37. The lowest BCUT2D eigenvalue weighted by atomic mass is 9.91. The zero-order valence-corrected chi connectivity index (χ0v) is 12.2. The summed E-state index contributed by atoms with van der Waals surface area (Å²) in [7, 11) is 0. The first-order valence-electron chi connectivity index (χ1n) is 6.50. The third kappa shape index (κ3) is 4.40. The Morgan fingerprint density at radius 3 is 2.24 bits per heavy atom. The number of likely N-dealkylation sites (tertiary alicyclic amines) is 1. The minimum absolute atomic E-state index is 0.187. The maximum absolute atomic E-state index is 11.8. The molecular weight excluding hydrogens is 214 g/mol. The van der Waals surface area contributed by atoms with E-state index >= 15 is 0 Å². The Labute approximate surface area is 106 Å². The number of rotatable bonds is 3. The summed E-state index contributed by atoms with van der Waals surface area (Å²) in [6.45, 7) is 14.7. The molecule has 0 amide bonds. The predicted octanol–water partition coefficient (Wildman–Crippen LogP) is 2.49. The SMILES string of the molecule is CC(C)(C)C(=O)COC1CCN(C(C)(C)C)C1. The lowest BCUT2D eigenvalue weighted by molar-refractivity contribution is -0.132. The van der Waals surface area contributed by atoms with Crippen molar-refractivity contribution in [3.63, 3.8) is 0 Å². The van der Waals surface area contributed by atoms with Gasteiger partial charge in [-0.3, -0.25) is 9.69 Å². The summed E-state index contributed by atoms with van der Waals surface area (Å²) in [5.41, 5.74) is -0.0888. The van der Waals surface area contributed by atoms with Gasteiger partial charge in [0.1, 0.15) is 6.61 Å². The number of ketones is 1. The second-order valence-corrected chi connectivity index (χ2v) is 7.01. The molecule has 1 heterocycles. The Balaban J connectivity index is 2.35. The van der Waals surface area contributed by atoms with Crippen LogP contribution in [0.1, 0.15) is 48.0 Å². The van der Waals surface area contributed by atoms with E-state index in [1.54, 1.807) is 0 Å². The van der Waals surface area contributed by atoms with Crippen LogP contribution in [0.5, 0.6) is 0 Å². The first-order chi connectivity index (χ1) is 7.60. The largest absolute Gasteiger partial charge is 0.369 e. The molecule has 0 aliphatic carbocycles. The van der Waals surface area contributed by atoms with Gasteiger partial charge in [-0.1, -0.05) is 20.8 Å². The van der Waals surface area contributed by atoms with Gasteiger partial charge in [0.05, 0.1) is 6.10 Å². The number of carbonyl (C=O) groups excluding carboxylic acids is 1. The van der Waals surface area contributed by atoms with Crippen molar-refractivity contribution in [2.45, 2.75) is 59.6 Å². The molecule has 0 aromatic carbocycles. The second kappa shape index (κ2) is 5.07. The fraction of sp³-hybridized carbons (Fsp3) is 0.929. The fourth-order valence-corrected chi connectivity index (χ4v) is 1.88. The highest BCUT2D eigenvalue weighted by Crippen LogP contribution is 2.23. The van der Waals surface area contributed by atoms with Crippen LogP contribution in [0.25, 0.3) is 0 Å². The molecule has 1 unspecified atom stereocenters. The summed E-state index contributed by atoms with van der Waals surface area (Å²) in [6, 6.07) is 0. The zero-order chi connectivity index (χ0) is 13.3. The highest BCUT2D eigenvalue weighted by Gasteiger charge is 2.31. The van der Waals surface area contributed by atoms with Gasteiger partial charge in [-0.05, 0) is 27.2 Å². The minimum atomic E-state index is -0.289. The molecule has 0 aromatic rings. The van der Waals surface area contributed by atoms with E-state index in [0.717, 1.165) is 19.5 Å². The summed E-state index contributed by atoms with van der Waals surface area (Å²) in [5, 5.41) is 0. The molecule has 0 saturated carbocycles. The standard InChI is InChI=1S/C14H27NO2/c1-13(2,3)12(16)10-17-11-7-8-15(9-11)14(4,5)6/h11H,7-10H2,1-6H3. The van der Waals surface area contributed by atoms with Crippen LogP contribution in [-0.4, -0.2) is 42.0 Å². The van der Waals surface area contributed by atoms with Crippen LogP contribution in [0.4, 0.5) is 0 Å². The number of nitrogens with zero attached hydrogens (tertiary/aromatic N) is 1. The average Bonchev–Trinajstić information content (AvgIpc) is 2.59. The molecule has 1 aliphatic rings. The molecule has 1 atom stereocenters. The Bertz CT molecular complexity index is 273. The maximum Gasteiger partial charge on any atom is 0.163 e. The lowest BCUT2D eigenvalue weighted by Crippen LogP contribution is -2.40. The van der Waals surface area contributed by atoms with E-state index in [4.69, 9.17) is 4.74 Å². The summed E-state index contributed by atoms with van der Waals surface area (Å²) in [6.07, 6.45) is 1.26. The van der Waals surface area contributed by atoms with Crippen molar-refractivity contribution < 1.29 is 9.53 Å². The van der Waals surface area contributed by atoms with Gasteiger partial charge < -0.3 is 4.74 Å². The van der Waals surface area contributed by atoms with Crippen LogP contribution in [0, 0.1) is 5.41 Å². The van der Waals surface area contributed by atoms with Crippen molar-refractivity contribution in [1.82, 2.24) is 4.90 Å². The maximum atomic E-state index is 11.8. The van der Waals surface area contributed by atoms with Gasteiger partial charge in [-0.25, -0.2) is 0 Å². The highest BCUT2D eigenvalue weighted by molar-refractivity contribution is 5.84. The van der Waals surface area contributed by atoms with Crippen molar-refractivity contribution in [1.29, 1.82) is 0 Å². The normalized spacial score (nSPS) is 23.1. The van der Waals surface area contributed by atoms with Crippen molar-refractivity contribution in [3.05, 3.63) is 0 Å². The van der Waals surface area contributed by atoms with Crippen LogP contribution >= 0.6 is 0 Å². The van der Waals surface area contributed by atoms with Crippen LogP contribution < -0.4 is 0 Å². The molecule has 1 fully saturated rings. The van der Waals surface area contributed by atoms with E-state index in [9.17, 15) is 4.79 Å². The van der Waals surface area contributed by atoms with E-state index in [2.05, 4.69) is 25.7 Å². The van der Waals surface area contributed by atoms with Gasteiger partial charge in [0.15, 0.2) is 5.78 Å². The van der Waals surface area contributed by atoms with E-state index < -0.39 is 0 Å². The quantitative estimate of drug-likeness (QED) is 0.760. The smallest absolute Gasteiger partial charge is 0.163 e. The Morgan fingerprint density at radius 2 is 1.82 bits per heavy atom. The molecule has 1 aliphatic heterocycles. The van der Waals surface area contributed by atoms with Gasteiger partial charge in [-0.15, -0.1) is 0 Å². The van der Waals surface area contributed by atoms with E-state index in [1.807, 2.05) is 20.8 Å². The molecule has 3 heteroatoms. The van der Waals surface area contributed by atoms with Crippen LogP contribution in [-0.2, 0) is 9.53 Å².